The van der Waals surface area contributed by atoms with Gasteiger partial charge in [0, 0.05) is 19.1 Å². The van der Waals surface area contributed by atoms with Crippen molar-refractivity contribution in [3.05, 3.63) is 0 Å². The van der Waals surface area contributed by atoms with Crippen LogP contribution in [0.1, 0.15) is 27.7 Å². The molecular weight excluding hydrogens is 164 g/mol. The summed E-state index contributed by atoms with van der Waals surface area (Å²) in [6.07, 6.45) is 0. The minimum Gasteiger partial charge on any atom is -0.336 e. The second kappa shape index (κ2) is 2.20. The normalized spacial score (nSPS) is 30.5. The van der Waals surface area contributed by atoms with Crippen LogP contribution < -0.4 is 5.32 Å². The molecular formula is C10H18N2O. The minimum atomic E-state index is 0.114. The molecule has 0 aromatic rings. The van der Waals surface area contributed by atoms with Gasteiger partial charge in [-0.25, -0.2) is 4.79 Å². The van der Waals surface area contributed by atoms with Crippen LogP contribution in [0.25, 0.3) is 0 Å². The average Bonchev–Trinajstić information content (AvgIpc) is 2.33. The molecule has 0 aromatic carbocycles. The second-order valence-electron chi connectivity index (χ2n) is 5.27. The van der Waals surface area contributed by atoms with Gasteiger partial charge in [0.05, 0.1) is 0 Å². The zero-order chi connectivity index (χ0) is 9.85. The number of carbonyl (C=O) groups is 1. The Morgan fingerprint density at radius 1 is 1.31 bits per heavy atom. The van der Waals surface area contributed by atoms with Crippen molar-refractivity contribution in [2.75, 3.05) is 13.1 Å². The fraction of sp³-hybridized carbons (Fsp3) is 0.900. The van der Waals surface area contributed by atoms with Gasteiger partial charge >= 0.3 is 6.03 Å². The molecule has 1 aliphatic carbocycles. The van der Waals surface area contributed by atoms with Crippen LogP contribution in [-0.4, -0.2) is 30.1 Å². The van der Waals surface area contributed by atoms with E-state index in [9.17, 15) is 4.79 Å². The van der Waals surface area contributed by atoms with E-state index in [1.165, 1.54) is 0 Å². The van der Waals surface area contributed by atoms with Gasteiger partial charge < -0.3 is 10.2 Å². The van der Waals surface area contributed by atoms with E-state index < -0.39 is 0 Å². The Bertz CT molecular complexity index is 244. The largest absolute Gasteiger partial charge is 0.336 e. The van der Waals surface area contributed by atoms with Gasteiger partial charge in [0.25, 0.3) is 0 Å². The van der Waals surface area contributed by atoms with Crippen molar-refractivity contribution in [1.29, 1.82) is 0 Å². The smallest absolute Gasteiger partial charge is 0.317 e. The lowest BCUT2D eigenvalue weighted by molar-refractivity contribution is 0.207. The predicted molar refractivity (Wildman–Crippen MR) is 51.5 cm³/mol. The van der Waals surface area contributed by atoms with Gasteiger partial charge in [-0.2, -0.15) is 0 Å². The maximum atomic E-state index is 11.4. The summed E-state index contributed by atoms with van der Waals surface area (Å²) in [7, 11) is 0. The van der Waals surface area contributed by atoms with E-state index in [0.717, 1.165) is 13.1 Å². The number of nitrogens with one attached hydrogen (secondary N) is 1. The molecule has 2 fully saturated rings. The highest BCUT2D eigenvalue weighted by atomic mass is 16.2. The molecule has 3 nitrogen and oxygen atoms in total. The molecule has 0 bridgehead atoms. The third-order valence-electron chi connectivity index (χ3n) is 4.15. The highest BCUT2D eigenvalue weighted by Crippen LogP contribution is 2.65. The van der Waals surface area contributed by atoms with Crippen LogP contribution in [0, 0.1) is 10.8 Å². The van der Waals surface area contributed by atoms with Crippen LogP contribution in [-0.2, 0) is 0 Å². The van der Waals surface area contributed by atoms with Crippen molar-refractivity contribution in [1.82, 2.24) is 10.2 Å². The van der Waals surface area contributed by atoms with Crippen molar-refractivity contribution < 1.29 is 4.79 Å². The SMILES string of the molecule is CC1(C)C(N2CCNC2=O)C1(C)C. The maximum Gasteiger partial charge on any atom is 0.317 e. The Balaban J connectivity index is 2.17. The highest BCUT2D eigenvalue weighted by Gasteiger charge is 2.68. The molecule has 1 aliphatic heterocycles. The molecule has 13 heavy (non-hydrogen) atoms. The van der Waals surface area contributed by atoms with Crippen LogP contribution in [0.4, 0.5) is 4.79 Å². The zero-order valence-electron chi connectivity index (χ0n) is 8.85. The zero-order valence-corrected chi connectivity index (χ0v) is 8.85. The van der Waals surface area contributed by atoms with Gasteiger partial charge in [-0.05, 0) is 10.8 Å². The number of amides is 2. The molecule has 1 heterocycles. The van der Waals surface area contributed by atoms with Crippen LogP contribution >= 0.6 is 0 Å². The fourth-order valence-electron chi connectivity index (χ4n) is 2.67. The van der Waals surface area contributed by atoms with Gasteiger partial charge in [0.2, 0.25) is 0 Å². The molecule has 1 saturated heterocycles. The van der Waals surface area contributed by atoms with Crippen molar-refractivity contribution in [3.8, 4) is 0 Å². The third-order valence-corrected chi connectivity index (χ3v) is 4.15. The third kappa shape index (κ3) is 0.930. The van der Waals surface area contributed by atoms with E-state index in [1.807, 2.05) is 4.90 Å². The standard InChI is InChI=1S/C10H18N2O/c1-9(2)7(10(9,3)4)12-6-5-11-8(12)13/h7H,5-6H2,1-4H3,(H,11,13). The summed E-state index contributed by atoms with van der Waals surface area (Å²) >= 11 is 0. The van der Waals surface area contributed by atoms with Gasteiger partial charge in [0.15, 0.2) is 0 Å². The summed E-state index contributed by atoms with van der Waals surface area (Å²) in [6.45, 7) is 10.6. The number of nitrogens with zero attached hydrogens (tertiary/aromatic N) is 1. The Labute approximate surface area is 79.5 Å². The Kier molecular flexibility index (Phi) is 1.49. The second-order valence-corrected chi connectivity index (χ2v) is 5.27. The van der Waals surface area contributed by atoms with E-state index in [2.05, 4.69) is 33.0 Å². The number of rotatable bonds is 1. The van der Waals surface area contributed by atoms with Crippen LogP contribution in [0.15, 0.2) is 0 Å². The maximum absolute atomic E-state index is 11.4. The molecule has 3 heteroatoms. The van der Waals surface area contributed by atoms with E-state index in [0.29, 0.717) is 6.04 Å². The van der Waals surface area contributed by atoms with Gasteiger partial charge in [0.1, 0.15) is 0 Å². The molecule has 74 valence electrons. The first-order valence-electron chi connectivity index (χ1n) is 4.93. The molecule has 0 spiro atoms. The summed E-state index contributed by atoms with van der Waals surface area (Å²) in [4.78, 5) is 13.4. The van der Waals surface area contributed by atoms with Gasteiger partial charge in [-0.1, -0.05) is 27.7 Å². The summed E-state index contributed by atoms with van der Waals surface area (Å²) in [5, 5.41) is 2.85. The predicted octanol–water partition coefficient (Wildman–Crippen LogP) is 1.45. The van der Waals surface area contributed by atoms with Gasteiger partial charge in [-0.15, -0.1) is 0 Å². The molecule has 2 rings (SSSR count). The quantitative estimate of drug-likeness (QED) is 0.654. The monoisotopic (exact) mass is 182 g/mol. The van der Waals surface area contributed by atoms with E-state index in [-0.39, 0.29) is 16.9 Å². The Morgan fingerprint density at radius 2 is 1.85 bits per heavy atom. The number of hydrogen-bond donors (Lipinski definition) is 1. The average molecular weight is 182 g/mol. The number of urea groups is 1. The summed E-state index contributed by atoms with van der Waals surface area (Å²) < 4.78 is 0. The van der Waals surface area contributed by atoms with Crippen molar-refractivity contribution in [3.63, 3.8) is 0 Å². The van der Waals surface area contributed by atoms with E-state index >= 15 is 0 Å². The van der Waals surface area contributed by atoms with E-state index in [4.69, 9.17) is 0 Å². The molecule has 0 atom stereocenters. The first kappa shape index (κ1) is 8.85. The number of hydrogen-bond acceptors (Lipinski definition) is 1. The molecule has 0 aromatic heterocycles. The number of carbonyl (C=O) groups excluding carboxylic acids is 1. The minimum absolute atomic E-state index is 0.114. The Morgan fingerprint density at radius 3 is 2.15 bits per heavy atom. The van der Waals surface area contributed by atoms with Crippen LogP contribution in [0.2, 0.25) is 0 Å². The lowest BCUT2D eigenvalue weighted by Gasteiger charge is -2.16. The van der Waals surface area contributed by atoms with Crippen molar-refractivity contribution >= 4 is 6.03 Å². The molecule has 2 aliphatic rings. The fourth-order valence-corrected chi connectivity index (χ4v) is 2.67. The first-order valence-corrected chi connectivity index (χ1v) is 4.93. The topological polar surface area (TPSA) is 32.3 Å². The summed E-state index contributed by atoms with van der Waals surface area (Å²) in [5.41, 5.74) is 0.545. The Hall–Kier alpha value is -0.730. The van der Waals surface area contributed by atoms with Crippen LogP contribution in [0.3, 0.4) is 0 Å². The molecule has 1 N–H and O–H groups in total. The molecule has 1 saturated carbocycles. The molecule has 2 amide bonds. The lowest BCUT2D eigenvalue weighted by atomic mass is 10.0. The van der Waals surface area contributed by atoms with Gasteiger partial charge in [-0.3, -0.25) is 0 Å². The molecule has 0 radical (unpaired) electrons. The van der Waals surface area contributed by atoms with Crippen LogP contribution in [0.5, 0.6) is 0 Å². The molecule has 0 unspecified atom stereocenters. The first-order chi connectivity index (χ1) is 5.89. The van der Waals surface area contributed by atoms with Crippen molar-refractivity contribution in [2.45, 2.75) is 33.7 Å². The lowest BCUT2D eigenvalue weighted by Crippen LogP contribution is -2.33. The van der Waals surface area contributed by atoms with E-state index in [1.54, 1.807) is 0 Å². The highest BCUT2D eigenvalue weighted by molar-refractivity contribution is 5.77. The summed E-state index contributed by atoms with van der Waals surface area (Å²) in [5.74, 6) is 0. The van der Waals surface area contributed by atoms with Crippen molar-refractivity contribution in [2.24, 2.45) is 10.8 Å². The summed E-state index contributed by atoms with van der Waals surface area (Å²) in [6, 6.07) is 0.533.